The maximum atomic E-state index is 11.8. The summed E-state index contributed by atoms with van der Waals surface area (Å²) in [7, 11) is 2.34. The first-order valence-corrected chi connectivity index (χ1v) is 6.23. The molecule has 0 unspecified atom stereocenters. The van der Waals surface area contributed by atoms with Gasteiger partial charge in [-0.1, -0.05) is 29.8 Å². The number of carbonyl (C=O) groups excluding carboxylic acids is 2. The molecule has 0 spiro atoms. The summed E-state index contributed by atoms with van der Waals surface area (Å²) in [5.74, 6) is -2.45. The monoisotopic (exact) mass is 293 g/mol. The summed E-state index contributed by atoms with van der Waals surface area (Å²) in [6.45, 7) is 1.90. The van der Waals surface area contributed by atoms with Crippen LogP contribution in [-0.4, -0.2) is 42.9 Å². The second kappa shape index (κ2) is 5.82. The van der Waals surface area contributed by atoms with E-state index in [1.165, 1.54) is 7.11 Å². The molecule has 0 aliphatic carbocycles. The fraction of sp³-hybridized carbons (Fsp3) is 0.357. The number of carbonyl (C=O) groups is 2. The molecular weight excluding hydrogens is 278 g/mol. The molecule has 2 atom stereocenters. The maximum absolute atomic E-state index is 11.8. The highest BCUT2D eigenvalue weighted by molar-refractivity contribution is 6.37. The molecule has 1 heterocycles. The molecule has 1 aliphatic heterocycles. The quantitative estimate of drug-likeness (QED) is 0.602. The molecule has 0 N–H and O–H groups in total. The Morgan fingerprint density at radius 1 is 1.19 bits per heavy atom. The molecule has 1 aromatic carbocycles. The van der Waals surface area contributed by atoms with Gasteiger partial charge in [-0.3, -0.25) is 10.0 Å². The lowest BCUT2D eigenvalue weighted by atomic mass is 9.89. The molecule has 7 heteroatoms. The van der Waals surface area contributed by atoms with Crippen molar-refractivity contribution in [1.82, 2.24) is 0 Å². The van der Waals surface area contributed by atoms with Gasteiger partial charge in [-0.05, 0) is 12.5 Å². The molecule has 1 aromatic rings. The van der Waals surface area contributed by atoms with Gasteiger partial charge in [0.1, 0.15) is 5.92 Å². The molecule has 112 valence electrons. The van der Waals surface area contributed by atoms with Crippen LogP contribution in [0.4, 0.5) is 0 Å². The van der Waals surface area contributed by atoms with Crippen molar-refractivity contribution >= 4 is 17.7 Å². The zero-order chi connectivity index (χ0) is 15.6. The van der Waals surface area contributed by atoms with Crippen molar-refractivity contribution in [2.45, 2.75) is 18.9 Å². The first-order chi connectivity index (χ1) is 9.99. The Morgan fingerprint density at radius 2 is 1.81 bits per heavy atom. The highest BCUT2D eigenvalue weighted by Crippen LogP contribution is 2.30. The van der Waals surface area contributed by atoms with Crippen LogP contribution in [0.25, 0.3) is 0 Å². The Balaban J connectivity index is 2.48. The third-order valence-electron chi connectivity index (χ3n) is 3.27. The van der Waals surface area contributed by atoms with Crippen LogP contribution in [0, 0.1) is 12.1 Å². The van der Waals surface area contributed by atoms with Crippen LogP contribution in [0.3, 0.4) is 0 Å². The van der Waals surface area contributed by atoms with Crippen LogP contribution in [-0.2, 0) is 23.9 Å². The highest BCUT2D eigenvalue weighted by Gasteiger charge is 2.49. The van der Waals surface area contributed by atoms with E-state index in [1.807, 2.05) is 19.1 Å². The smallest absolute Gasteiger partial charge is 0.405 e. The van der Waals surface area contributed by atoms with Gasteiger partial charge in [0, 0.05) is 0 Å². The third kappa shape index (κ3) is 2.67. The summed E-state index contributed by atoms with van der Waals surface area (Å²) in [6.07, 6.45) is -1.22. The van der Waals surface area contributed by atoms with E-state index in [1.54, 1.807) is 12.1 Å². The molecule has 7 nitrogen and oxygen atoms in total. The van der Waals surface area contributed by atoms with Gasteiger partial charge in [-0.2, -0.15) is 0 Å². The highest BCUT2D eigenvalue weighted by atomic mass is 16.9. The summed E-state index contributed by atoms with van der Waals surface area (Å²) in [5, 5.41) is 11.8. The van der Waals surface area contributed by atoms with Gasteiger partial charge in [-0.15, -0.1) is 0 Å². The van der Waals surface area contributed by atoms with Crippen molar-refractivity contribution in [2.75, 3.05) is 14.2 Å². The Bertz CT molecular complexity index is 592. The lowest BCUT2D eigenvalue weighted by molar-refractivity contribution is -0.736. The summed E-state index contributed by atoms with van der Waals surface area (Å²) < 4.78 is 9.22. The zero-order valence-corrected chi connectivity index (χ0v) is 11.9. The minimum Gasteiger partial charge on any atom is -0.468 e. The molecule has 21 heavy (non-hydrogen) atoms. The van der Waals surface area contributed by atoms with E-state index >= 15 is 0 Å². The number of hydrogen-bond acceptors (Lipinski definition) is 6. The molecule has 0 amide bonds. The Labute approximate surface area is 121 Å². The van der Waals surface area contributed by atoms with Gasteiger partial charge in [0.2, 0.25) is 0 Å². The van der Waals surface area contributed by atoms with E-state index in [9.17, 15) is 14.8 Å². The number of ether oxygens (including phenoxy) is 2. The van der Waals surface area contributed by atoms with Crippen molar-refractivity contribution in [3.8, 4) is 0 Å². The minimum absolute atomic E-state index is 0.0257. The molecule has 0 aromatic heterocycles. The first kappa shape index (κ1) is 14.8. The van der Waals surface area contributed by atoms with E-state index in [2.05, 4.69) is 9.47 Å². The van der Waals surface area contributed by atoms with Gasteiger partial charge >= 0.3 is 17.7 Å². The van der Waals surface area contributed by atoms with Crippen molar-refractivity contribution in [3.63, 3.8) is 0 Å². The fourth-order valence-electron chi connectivity index (χ4n) is 2.19. The second-order valence-electron chi connectivity index (χ2n) is 4.57. The average molecular weight is 293 g/mol. The van der Waals surface area contributed by atoms with Crippen molar-refractivity contribution in [1.29, 1.82) is 0 Å². The number of hydrogen-bond donors (Lipinski definition) is 0. The Morgan fingerprint density at radius 3 is 2.33 bits per heavy atom. The number of esters is 2. The minimum atomic E-state index is -1.22. The van der Waals surface area contributed by atoms with Crippen LogP contribution in [0.5, 0.6) is 0 Å². The predicted molar refractivity (Wildman–Crippen MR) is 71.5 cm³/mol. The van der Waals surface area contributed by atoms with Crippen molar-refractivity contribution in [3.05, 3.63) is 40.6 Å². The number of benzene rings is 1. The predicted octanol–water partition coefficient (Wildman–Crippen LogP) is 0.690. The standard InChI is InChI=1S/C14H15NO6/c1-8-4-6-9(7-5-8)10-11(13(16)19-2)15(18)21-12(10)14(17)20-3/h4-7,10,12H,1-3H3/t10-,12-/m1/s1. The van der Waals surface area contributed by atoms with Crippen LogP contribution < -0.4 is 0 Å². The molecule has 0 saturated heterocycles. The maximum Gasteiger partial charge on any atom is 0.405 e. The number of rotatable bonds is 3. The Kier molecular flexibility index (Phi) is 4.11. The summed E-state index contributed by atoms with van der Waals surface area (Å²) in [4.78, 5) is 28.5. The summed E-state index contributed by atoms with van der Waals surface area (Å²) in [6, 6.07) is 7.07. The van der Waals surface area contributed by atoms with Gasteiger partial charge in [0.05, 0.1) is 19.1 Å². The SMILES string of the molecule is COC(=O)C1=[N+]([O-])O[C@@H](C(=O)OC)[C@@H]1c1ccc(C)cc1. The normalized spacial score (nSPS) is 20.9. The van der Waals surface area contributed by atoms with Crippen LogP contribution in [0.15, 0.2) is 24.3 Å². The lowest BCUT2D eigenvalue weighted by Gasteiger charge is -2.16. The topological polar surface area (TPSA) is 87.9 Å². The van der Waals surface area contributed by atoms with Gasteiger partial charge in [0.25, 0.3) is 0 Å². The van der Waals surface area contributed by atoms with Crippen LogP contribution >= 0.6 is 0 Å². The van der Waals surface area contributed by atoms with Crippen molar-refractivity contribution < 1.29 is 28.8 Å². The molecular formula is C14H15NO6. The number of nitrogens with zero attached hydrogens (tertiary/aromatic N) is 1. The number of aryl methyl sites for hydroxylation is 1. The Hall–Kier alpha value is -2.57. The van der Waals surface area contributed by atoms with Gasteiger partial charge < -0.3 is 14.3 Å². The summed E-state index contributed by atoms with van der Waals surface area (Å²) >= 11 is 0. The van der Waals surface area contributed by atoms with E-state index < -0.39 is 24.0 Å². The van der Waals surface area contributed by atoms with Crippen LogP contribution in [0.2, 0.25) is 0 Å². The molecule has 1 aliphatic rings. The first-order valence-electron chi connectivity index (χ1n) is 6.23. The van der Waals surface area contributed by atoms with E-state index in [-0.39, 0.29) is 10.6 Å². The molecule has 2 rings (SSSR count). The fourth-order valence-corrected chi connectivity index (χ4v) is 2.19. The average Bonchev–Trinajstić information content (AvgIpc) is 2.84. The lowest BCUT2D eigenvalue weighted by Crippen LogP contribution is -2.33. The van der Waals surface area contributed by atoms with E-state index in [4.69, 9.17) is 4.84 Å². The molecule has 0 saturated carbocycles. The van der Waals surface area contributed by atoms with E-state index in [0.717, 1.165) is 12.7 Å². The van der Waals surface area contributed by atoms with Gasteiger partial charge in [0.15, 0.2) is 6.10 Å². The molecule has 0 fully saturated rings. The largest absolute Gasteiger partial charge is 0.468 e. The van der Waals surface area contributed by atoms with Gasteiger partial charge in [-0.25, -0.2) is 4.79 Å². The summed E-state index contributed by atoms with van der Waals surface area (Å²) in [5.41, 5.74) is 1.32. The van der Waals surface area contributed by atoms with Crippen LogP contribution in [0.1, 0.15) is 17.0 Å². The van der Waals surface area contributed by atoms with E-state index in [0.29, 0.717) is 5.56 Å². The van der Waals surface area contributed by atoms with Crippen molar-refractivity contribution in [2.24, 2.45) is 0 Å². The zero-order valence-electron chi connectivity index (χ0n) is 11.9. The second-order valence-corrected chi connectivity index (χ2v) is 4.57. The molecule has 0 bridgehead atoms. The third-order valence-corrected chi connectivity index (χ3v) is 3.27. The number of methoxy groups -OCH3 is 2. The molecule has 0 radical (unpaired) electrons.